The molecule has 2 aliphatic heterocycles. The SMILES string of the molecule is CN(Cc1cc(=O)n2c3c(cccc13)CCC2)CC1CCCO1. The summed E-state index contributed by atoms with van der Waals surface area (Å²) in [6.45, 7) is 3.47. The van der Waals surface area contributed by atoms with Gasteiger partial charge in [0.1, 0.15) is 0 Å². The Morgan fingerprint density at radius 3 is 3.09 bits per heavy atom. The summed E-state index contributed by atoms with van der Waals surface area (Å²) in [4.78, 5) is 14.8. The molecule has 1 unspecified atom stereocenters. The second-order valence-electron chi connectivity index (χ2n) is 6.91. The molecule has 1 aromatic carbocycles. The quantitative estimate of drug-likeness (QED) is 0.870. The van der Waals surface area contributed by atoms with Crippen molar-refractivity contribution in [1.82, 2.24) is 9.47 Å². The number of hydrogen-bond donors (Lipinski definition) is 0. The third-order valence-corrected chi connectivity index (χ3v) is 5.11. The van der Waals surface area contributed by atoms with Gasteiger partial charge < -0.3 is 9.30 Å². The van der Waals surface area contributed by atoms with Crippen LogP contribution >= 0.6 is 0 Å². The Labute approximate surface area is 136 Å². The summed E-state index contributed by atoms with van der Waals surface area (Å²) in [7, 11) is 2.12. The largest absolute Gasteiger partial charge is 0.377 e. The van der Waals surface area contributed by atoms with Crippen molar-refractivity contribution in [2.24, 2.45) is 0 Å². The minimum absolute atomic E-state index is 0.144. The Kier molecular flexibility index (Phi) is 3.95. The lowest BCUT2D eigenvalue weighted by molar-refractivity contribution is 0.0794. The van der Waals surface area contributed by atoms with Gasteiger partial charge in [0.2, 0.25) is 0 Å². The van der Waals surface area contributed by atoms with Gasteiger partial charge in [-0.2, -0.15) is 0 Å². The predicted octanol–water partition coefficient (Wildman–Crippen LogP) is 2.56. The average molecular weight is 312 g/mol. The van der Waals surface area contributed by atoms with Gasteiger partial charge in [0.15, 0.2) is 0 Å². The molecule has 1 saturated heterocycles. The van der Waals surface area contributed by atoms with Crippen LogP contribution < -0.4 is 5.56 Å². The normalized spacial score (nSPS) is 20.5. The van der Waals surface area contributed by atoms with E-state index in [4.69, 9.17) is 4.74 Å². The van der Waals surface area contributed by atoms with Crippen LogP contribution in [0.1, 0.15) is 30.4 Å². The van der Waals surface area contributed by atoms with Gasteiger partial charge in [0, 0.05) is 37.7 Å². The molecule has 2 aromatic rings. The smallest absolute Gasteiger partial charge is 0.251 e. The second kappa shape index (κ2) is 6.10. The zero-order chi connectivity index (χ0) is 15.8. The van der Waals surface area contributed by atoms with Crippen molar-refractivity contribution in [3.8, 4) is 0 Å². The number of para-hydroxylation sites is 1. The number of aromatic nitrogens is 1. The molecule has 0 spiro atoms. The molecule has 0 amide bonds. The van der Waals surface area contributed by atoms with Gasteiger partial charge in [-0.1, -0.05) is 18.2 Å². The Morgan fingerprint density at radius 2 is 2.26 bits per heavy atom. The van der Waals surface area contributed by atoms with Gasteiger partial charge in [-0.15, -0.1) is 0 Å². The molecular weight excluding hydrogens is 288 g/mol. The fraction of sp³-hybridized carbons (Fsp3) is 0.526. The monoisotopic (exact) mass is 312 g/mol. The Morgan fingerprint density at radius 1 is 1.35 bits per heavy atom. The van der Waals surface area contributed by atoms with Crippen molar-refractivity contribution in [2.75, 3.05) is 20.2 Å². The van der Waals surface area contributed by atoms with Crippen LogP contribution in [0.3, 0.4) is 0 Å². The number of pyridine rings is 1. The van der Waals surface area contributed by atoms with E-state index in [1.54, 1.807) is 0 Å². The Bertz CT molecular complexity index is 775. The van der Waals surface area contributed by atoms with E-state index in [-0.39, 0.29) is 5.56 Å². The molecule has 4 nitrogen and oxygen atoms in total. The van der Waals surface area contributed by atoms with Crippen LogP contribution in [0.15, 0.2) is 29.1 Å². The maximum atomic E-state index is 12.5. The van der Waals surface area contributed by atoms with Crippen LogP contribution in [0, 0.1) is 0 Å². The lowest BCUT2D eigenvalue weighted by atomic mass is 9.98. The molecular formula is C19H24N2O2. The number of benzene rings is 1. The highest BCUT2D eigenvalue weighted by Crippen LogP contribution is 2.26. The summed E-state index contributed by atoms with van der Waals surface area (Å²) in [6, 6.07) is 8.29. The molecule has 122 valence electrons. The van der Waals surface area contributed by atoms with Crippen LogP contribution in [-0.4, -0.2) is 35.8 Å². The van der Waals surface area contributed by atoms with Crippen molar-refractivity contribution in [3.05, 3.63) is 45.7 Å². The molecule has 0 N–H and O–H groups in total. The number of rotatable bonds is 4. The van der Waals surface area contributed by atoms with Gasteiger partial charge >= 0.3 is 0 Å². The highest BCUT2D eigenvalue weighted by molar-refractivity contribution is 5.86. The van der Waals surface area contributed by atoms with Crippen molar-refractivity contribution >= 4 is 10.9 Å². The van der Waals surface area contributed by atoms with Crippen molar-refractivity contribution in [2.45, 2.75) is 44.9 Å². The molecule has 3 heterocycles. The molecule has 2 aliphatic rings. The number of ether oxygens (including phenoxy) is 1. The summed E-state index contributed by atoms with van der Waals surface area (Å²) >= 11 is 0. The fourth-order valence-corrected chi connectivity index (χ4v) is 4.06. The van der Waals surface area contributed by atoms with Crippen LogP contribution in [0.2, 0.25) is 0 Å². The van der Waals surface area contributed by atoms with E-state index in [1.165, 1.54) is 17.4 Å². The lowest BCUT2D eigenvalue weighted by Gasteiger charge is -2.24. The highest BCUT2D eigenvalue weighted by Gasteiger charge is 2.20. The summed E-state index contributed by atoms with van der Waals surface area (Å²) in [5, 5.41) is 1.24. The first-order chi connectivity index (χ1) is 11.2. The van der Waals surface area contributed by atoms with Gasteiger partial charge in [-0.05, 0) is 43.9 Å². The molecule has 0 saturated carbocycles. The maximum Gasteiger partial charge on any atom is 0.251 e. The van der Waals surface area contributed by atoms with Crippen molar-refractivity contribution < 1.29 is 4.74 Å². The molecule has 1 atom stereocenters. The van der Waals surface area contributed by atoms with Crippen LogP contribution in [-0.2, 0) is 24.2 Å². The zero-order valence-corrected chi connectivity index (χ0v) is 13.8. The van der Waals surface area contributed by atoms with Crippen LogP contribution in [0.25, 0.3) is 10.9 Å². The minimum Gasteiger partial charge on any atom is -0.377 e. The molecule has 4 heteroatoms. The average Bonchev–Trinajstić information content (AvgIpc) is 3.05. The number of nitrogens with zero attached hydrogens (tertiary/aromatic N) is 2. The van der Waals surface area contributed by atoms with E-state index in [1.807, 2.05) is 10.6 Å². The minimum atomic E-state index is 0.144. The third kappa shape index (κ3) is 2.81. The van der Waals surface area contributed by atoms with Gasteiger partial charge in [-0.25, -0.2) is 0 Å². The van der Waals surface area contributed by atoms with Crippen molar-refractivity contribution in [1.29, 1.82) is 0 Å². The molecule has 23 heavy (non-hydrogen) atoms. The maximum absolute atomic E-state index is 12.5. The molecule has 0 bridgehead atoms. The van der Waals surface area contributed by atoms with Crippen LogP contribution in [0.4, 0.5) is 0 Å². The van der Waals surface area contributed by atoms with E-state index in [0.29, 0.717) is 6.10 Å². The van der Waals surface area contributed by atoms with E-state index < -0.39 is 0 Å². The first-order valence-electron chi connectivity index (χ1n) is 8.67. The first kappa shape index (κ1) is 14.9. The van der Waals surface area contributed by atoms with E-state index in [9.17, 15) is 4.79 Å². The van der Waals surface area contributed by atoms with Gasteiger partial charge in [-0.3, -0.25) is 9.69 Å². The summed E-state index contributed by atoms with van der Waals surface area (Å²) in [6.07, 6.45) is 4.80. The number of likely N-dealkylation sites (N-methyl/N-ethyl adjacent to an activating group) is 1. The molecule has 1 aromatic heterocycles. The lowest BCUT2D eigenvalue weighted by Crippen LogP contribution is -2.30. The van der Waals surface area contributed by atoms with E-state index >= 15 is 0 Å². The Balaban J connectivity index is 1.67. The summed E-state index contributed by atoms with van der Waals surface area (Å²) in [5.41, 5.74) is 3.76. The highest BCUT2D eigenvalue weighted by atomic mass is 16.5. The standard InChI is InChI=1S/C19H24N2O2/c1-20(13-16-7-4-10-23-16)12-15-11-18(22)21-9-3-6-14-5-2-8-17(15)19(14)21/h2,5,8,11,16H,3-4,6-7,9-10,12-13H2,1H3. The molecule has 0 radical (unpaired) electrons. The van der Waals surface area contributed by atoms with E-state index in [0.717, 1.165) is 56.6 Å². The second-order valence-corrected chi connectivity index (χ2v) is 6.91. The molecule has 4 rings (SSSR count). The van der Waals surface area contributed by atoms with Gasteiger partial charge in [0.25, 0.3) is 5.56 Å². The van der Waals surface area contributed by atoms with E-state index in [2.05, 4.69) is 30.1 Å². The number of hydrogen-bond acceptors (Lipinski definition) is 3. The van der Waals surface area contributed by atoms with Gasteiger partial charge in [0.05, 0.1) is 11.6 Å². The summed E-state index contributed by atoms with van der Waals surface area (Å²) in [5.74, 6) is 0. The third-order valence-electron chi connectivity index (χ3n) is 5.11. The molecule has 0 aliphatic carbocycles. The first-order valence-corrected chi connectivity index (χ1v) is 8.67. The van der Waals surface area contributed by atoms with Crippen LogP contribution in [0.5, 0.6) is 0 Å². The predicted molar refractivity (Wildman–Crippen MR) is 91.8 cm³/mol. The zero-order valence-electron chi connectivity index (χ0n) is 13.8. The number of aryl methyl sites for hydroxylation is 2. The fourth-order valence-electron chi connectivity index (χ4n) is 4.06. The Hall–Kier alpha value is -1.65. The summed E-state index contributed by atoms with van der Waals surface area (Å²) < 4.78 is 7.69. The van der Waals surface area contributed by atoms with Crippen molar-refractivity contribution in [3.63, 3.8) is 0 Å². The topological polar surface area (TPSA) is 34.5 Å². The molecule has 1 fully saturated rings.